The predicted molar refractivity (Wildman–Crippen MR) is 133 cm³/mol. The summed E-state index contributed by atoms with van der Waals surface area (Å²) in [6.07, 6.45) is 6.39. The van der Waals surface area contributed by atoms with Gasteiger partial charge >= 0.3 is 6.01 Å². The summed E-state index contributed by atoms with van der Waals surface area (Å²) >= 11 is 1.38. The van der Waals surface area contributed by atoms with E-state index in [4.69, 9.17) is 14.2 Å². The quantitative estimate of drug-likeness (QED) is 0.358. The zero-order valence-electron chi connectivity index (χ0n) is 19.7. The number of sulfone groups is 1. The zero-order valence-corrected chi connectivity index (χ0v) is 21.3. The van der Waals surface area contributed by atoms with Crippen molar-refractivity contribution in [2.75, 3.05) is 17.7 Å². The highest BCUT2D eigenvalue weighted by atomic mass is 32.2. The zero-order chi connectivity index (χ0) is 24.6. The van der Waals surface area contributed by atoms with Crippen molar-refractivity contribution in [2.24, 2.45) is 0 Å². The maximum absolute atomic E-state index is 11.7. The molecule has 1 unspecified atom stereocenters. The van der Waals surface area contributed by atoms with E-state index in [2.05, 4.69) is 25.0 Å². The van der Waals surface area contributed by atoms with Crippen LogP contribution in [0.3, 0.4) is 0 Å². The Hall–Kier alpha value is -3.12. The van der Waals surface area contributed by atoms with Gasteiger partial charge in [0.15, 0.2) is 20.7 Å². The van der Waals surface area contributed by atoms with Crippen LogP contribution >= 0.6 is 11.3 Å². The normalized spacial score (nSPS) is 17.6. The van der Waals surface area contributed by atoms with Gasteiger partial charge in [0.2, 0.25) is 0 Å². The second-order valence-electron chi connectivity index (χ2n) is 8.58. The Bertz CT molecular complexity index is 1430. The maximum atomic E-state index is 11.7. The van der Waals surface area contributed by atoms with Gasteiger partial charge in [-0.1, -0.05) is 23.4 Å². The second kappa shape index (κ2) is 9.50. The van der Waals surface area contributed by atoms with Gasteiger partial charge in [-0.15, -0.1) is 0 Å². The molecule has 0 saturated carbocycles. The van der Waals surface area contributed by atoms with Crippen molar-refractivity contribution < 1.29 is 17.7 Å². The summed E-state index contributed by atoms with van der Waals surface area (Å²) < 4.78 is 35.1. The smallest absolute Gasteiger partial charge is 0.324 e. The number of piperidine rings is 1. The third-order valence-electron chi connectivity index (χ3n) is 6.05. The first-order chi connectivity index (χ1) is 16.8. The lowest BCUT2D eigenvalue weighted by Gasteiger charge is -2.37. The SMILES string of the molecule is CCc1noc(N2CCCCC2[C@H](C)Oc2nc3ccc(-c4ccc(S(C)(=O)=O)nc4)nc3s2)n1. The molecule has 2 atom stereocenters. The van der Waals surface area contributed by atoms with E-state index in [1.54, 1.807) is 6.07 Å². The number of hydrogen-bond acceptors (Lipinski definition) is 11. The Balaban J connectivity index is 1.34. The van der Waals surface area contributed by atoms with Gasteiger partial charge in [0.25, 0.3) is 5.19 Å². The molecule has 184 valence electrons. The van der Waals surface area contributed by atoms with Crippen LogP contribution in [0.2, 0.25) is 0 Å². The molecule has 4 aromatic heterocycles. The lowest BCUT2D eigenvalue weighted by Crippen LogP contribution is -2.48. The largest absolute Gasteiger partial charge is 0.465 e. The molecule has 0 aromatic carbocycles. The van der Waals surface area contributed by atoms with Crippen molar-refractivity contribution >= 4 is 37.5 Å². The molecule has 5 rings (SSSR count). The number of ether oxygens (including phenoxy) is 1. The van der Waals surface area contributed by atoms with Gasteiger partial charge in [-0.25, -0.2) is 23.4 Å². The van der Waals surface area contributed by atoms with Crippen LogP contribution < -0.4 is 9.64 Å². The van der Waals surface area contributed by atoms with Crippen LogP contribution in [0.5, 0.6) is 5.19 Å². The molecule has 10 nitrogen and oxygen atoms in total. The molecule has 5 heterocycles. The third-order valence-corrected chi connectivity index (χ3v) is 7.90. The van der Waals surface area contributed by atoms with Gasteiger partial charge in [-0.05, 0) is 50.5 Å². The third kappa shape index (κ3) is 4.98. The number of pyridine rings is 2. The minimum absolute atomic E-state index is 0.0352. The number of rotatable bonds is 7. The highest BCUT2D eigenvalue weighted by Crippen LogP contribution is 2.32. The fraction of sp³-hybridized carbons (Fsp3) is 0.435. The monoisotopic (exact) mass is 514 g/mol. The molecular formula is C23H26N6O4S2. The Morgan fingerprint density at radius 3 is 2.77 bits per heavy atom. The van der Waals surface area contributed by atoms with Gasteiger partial charge in [0.1, 0.15) is 16.5 Å². The van der Waals surface area contributed by atoms with E-state index in [9.17, 15) is 8.42 Å². The van der Waals surface area contributed by atoms with Crippen molar-refractivity contribution in [1.29, 1.82) is 0 Å². The van der Waals surface area contributed by atoms with Crippen LogP contribution in [0.1, 0.15) is 38.9 Å². The van der Waals surface area contributed by atoms with Crippen LogP contribution in [-0.4, -0.2) is 58.5 Å². The van der Waals surface area contributed by atoms with Crippen molar-refractivity contribution in [3.63, 3.8) is 0 Å². The molecule has 1 aliphatic heterocycles. The average Bonchev–Trinajstić information content (AvgIpc) is 3.49. The highest BCUT2D eigenvalue weighted by Gasteiger charge is 2.32. The van der Waals surface area contributed by atoms with Crippen LogP contribution in [0.25, 0.3) is 21.6 Å². The van der Waals surface area contributed by atoms with Crippen molar-refractivity contribution in [3.05, 3.63) is 36.3 Å². The fourth-order valence-electron chi connectivity index (χ4n) is 4.18. The summed E-state index contributed by atoms with van der Waals surface area (Å²) in [5.41, 5.74) is 2.16. The lowest BCUT2D eigenvalue weighted by atomic mass is 9.98. The highest BCUT2D eigenvalue weighted by molar-refractivity contribution is 7.90. The molecular weight excluding hydrogens is 488 g/mol. The predicted octanol–water partition coefficient (Wildman–Crippen LogP) is 3.93. The number of aromatic nitrogens is 5. The van der Waals surface area contributed by atoms with E-state index in [0.717, 1.165) is 54.4 Å². The molecule has 35 heavy (non-hydrogen) atoms. The molecule has 0 bridgehead atoms. The van der Waals surface area contributed by atoms with Crippen molar-refractivity contribution in [2.45, 2.75) is 56.7 Å². The van der Waals surface area contributed by atoms with Crippen molar-refractivity contribution in [1.82, 2.24) is 25.1 Å². The molecule has 0 radical (unpaired) electrons. The lowest BCUT2D eigenvalue weighted by molar-refractivity contribution is 0.164. The summed E-state index contributed by atoms with van der Waals surface area (Å²) in [6.45, 7) is 4.89. The van der Waals surface area contributed by atoms with Crippen LogP contribution in [-0.2, 0) is 16.3 Å². The minimum Gasteiger partial charge on any atom is -0.465 e. The Kier molecular flexibility index (Phi) is 6.41. The number of hydrogen-bond donors (Lipinski definition) is 0. The first kappa shape index (κ1) is 23.6. The standard InChI is InChI=1S/C23H26N6O4S2/c1-4-19-27-22(33-28-19)29-12-6-5-7-18(29)14(2)32-23-26-17-10-9-16(25-21(17)34-23)15-8-11-20(24-13-15)35(3,30)31/h8-11,13-14,18H,4-7,12H2,1-3H3/t14-,18?/m0/s1. The molecule has 0 amide bonds. The summed E-state index contributed by atoms with van der Waals surface area (Å²) in [6, 6.07) is 7.57. The summed E-state index contributed by atoms with van der Waals surface area (Å²) in [7, 11) is -3.35. The van der Waals surface area contributed by atoms with E-state index in [-0.39, 0.29) is 17.2 Å². The van der Waals surface area contributed by atoms with E-state index >= 15 is 0 Å². The fourth-order valence-corrected chi connectivity index (χ4v) is 5.62. The number of nitrogens with zero attached hydrogens (tertiary/aromatic N) is 6. The number of anilines is 1. The Morgan fingerprint density at radius 1 is 1.20 bits per heavy atom. The number of thiazole rings is 1. The van der Waals surface area contributed by atoms with Crippen molar-refractivity contribution in [3.8, 4) is 16.5 Å². The number of aryl methyl sites for hydroxylation is 1. The number of fused-ring (bicyclic) bond motifs is 1. The summed E-state index contributed by atoms with van der Waals surface area (Å²) in [4.78, 5) is 20.8. The molecule has 1 fully saturated rings. The molecule has 1 aliphatic rings. The van der Waals surface area contributed by atoms with Gasteiger partial charge in [-0.2, -0.15) is 4.98 Å². The van der Waals surface area contributed by atoms with Crippen LogP contribution in [0, 0.1) is 0 Å². The maximum Gasteiger partial charge on any atom is 0.324 e. The van der Waals surface area contributed by atoms with Crippen LogP contribution in [0.4, 0.5) is 6.01 Å². The molecule has 1 saturated heterocycles. The topological polar surface area (TPSA) is 124 Å². The molecule has 4 aromatic rings. The molecule has 0 spiro atoms. The molecule has 12 heteroatoms. The first-order valence-corrected chi connectivity index (χ1v) is 14.2. The summed E-state index contributed by atoms with van der Waals surface area (Å²) in [5.74, 6) is 0.701. The minimum atomic E-state index is -3.35. The van der Waals surface area contributed by atoms with Gasteiger partial charge < -0.3 is 14.2 Å². The molecule has 0 aliphatic carbocycles. The average molecular weight is 515 g/mol. The summed E-state index contributed by atoms with van der Waals surface area (Å²) in [5, 5.41) is 4.63. The second-order valence-corrected chi connectivity index (χ2v) is 11.5. The van der Waals surface area contributed by atoms with E-state index in [1.807, 2.05) is 26.0 Å². The first-order valence-electron chi connectivity index (χ1n) is 11.5. The van der Waals surface area contributed by atoms with Gasteiger partial charge in [0, 0.05) is 31.0 Å². The van der Waals surface area contributed by atoms with Gasteiger partial charge in [-0.3, -0.25) is 0 Å². The van der Waals surface area contributed by atoms with Gasteiger partial charge in [0.05, 0.1) is 11.7 Å². The van der Waals surface area contributed by atoms with E-state index in [0.29, 0.717) is 22.7 Å². The Labute approximate surface area is 207 Å². The van der Waals surface area contributed by atoms with E-state index in [1.165, 1.54) is 23.6 Å². The Morgan fingerprint density at radius 2 is 2.06 bits per heavy atom. The van der Waals surface area contributed by atoms with Crippen LogP contribution in [0.15, 0.2) is 40.0 Å². The molecule has 0 N–H and O–H groups in total. The van der Waals surface area contributed by atoms with E-state index < -0.39 is 9.84 Å².